The first kappa shape index (κ1) is 18.8. The monoisotopic (exact) mass is 388 g/mol. The Morgan fingerprint density at radius 2 is 2.07 bits per heavy atom. The van der Waals surface area contributed by atoms with Gasteiger partial charge >= 0.3 is 0 Å². The van der Waals surface area contributed by atoms with Gasteiger partial charge in [-0.2, -0.15) is 0 Å². The zero-order valence-corrected chi connectivity index (χ0v) is 15.8. The van der Waals surface area contributed by atoms with Crippen molar-refractivity contribution in [1.82, 2.24) is 10.3 Å². The maximum absolute atomic E-state index is 12.3. The second-order valence-electron chi connectivity index (χ2n) is 6.16. The highest BCUT2D eigenvalue weighted by atomic mass is 32.1. The van der Waals surface area contributed by atoms with Gasteiger partial charge in [-0.1, -0.05) is 0 Å². The Morgan fingerprint density at radius 3 is 2.70 bits per heavy atom. The van der Waals surface area contributed by atoms with E-state index in [4.69, 9.17) is 4.74 Å². The van der Waals surface area contributed by atoms with Crippen LogP contribution in [0, 0.1) is 12.8 Å². The van der Waals surface area contributed by atoms with Crippen LogP contribution in [0.25, 0.3) is 0 Å². The van der Waals surface area contributed by atoms with Crippen molar-refractivity contribution in [2.75, 3.05) is 30.4 Å². The average Bonchev–Trinajstić information content (AvgIpc) is 3.25. The van der Waals surface area contributed by atoms with E-state index in [0.29, 0.717) is 16.6 Å². The number of rotatable bonds is 6. The van der Waals surface area contributed by atoms with Crippen LogP contribution in [0.4, 0.5) is 10.8 Å². The number of hydrogen-bond acceptors (Lipinski definition) is 6. The summed E-state index contributed by atoms with van der Waals surface area (Å²) in [4.78, 5) is 42.2. The Morgan fingerprint density at radius 1 is 1.33 bits per heavy atom. The quantitative estimate of drug-likeness (QED) is 0.782. The molecule has 0 saturated carbocycles. The fourth-order valence-electron chi connectivity index (χ4n) is 2.78. The van der Waals surface area contributed by atoms with Gasteiger partial charge in [-0.15, -0.1) is 11.3 Å². The number of carbonyl (C=O) groups excluding carboxylic acids is 3. The van der Waals surface area contributed by atoms with Gasteiger partial charge in [0.1, 0.15) is 5.75 Å². The number of methoxy groups -OCH3 is 1. The predicted octanol–water partition coefficient (Wildman–Crippen LogP) is 1.57. The molecular formula is C18H20N4O4S. The van der Waals surface area contributed by atoms with Crippen LogP contribution in [0.1, 0.15) is 12.1 Å². The maximum atomic E-state index is 12.3. The van der Waals surface area contributed by atoms with Crippen LogP contribution in [0.2, 0.25) is 0 Å². The van der Waals surface area contributed by atoms with E-state index in [0.717, 1.165) is 5.69 Å². The smallest absolute Gasteiger partial charge is 0.245 e. The Bertz CT molecular complexity index is 849. The summed E-state index contributed by atoms with van der Waals surface area (Å²) >= 11 is 1.32. The van der Waals surface area contributed by atoms with Crippen LogP contribution in [0.5, 0.6) is 5.75 Å². The third-order valence-corrected chi connectivity index (χ3v) is 5.04. The Kier molecular flexibility index (Phi) is 5.70. The molecule has 142 valence electrons. The van der Waals surface area contributed by atoms with Crippen molar-refractivity contribution < 1.29 is 19.1 Å². The lowest BCUT2D eigenvalue weighted by Gasteiger charge is -2.17. The van der Waals surface area contributed by atoms with Crippen LogP contribution in [0.15, 0.2) is 29.6 Å². The molecule has 1 aromatic heterocycles. The molecule has 1 saturated heterocycles. The summed E-state index contributed by atoms with van der Waals surface area (Å²) in [5.74, 6) is -0.586. The van der Waals surface area contributed by atoms with Gasteiger partial charge < -0.3 is 20.3 Å². The lowest BCUT2D eigenvalue weighted by Crippen LogP contribution is -2.37. The van der Waals surface area contributed by atoms with Crippen LogP contribution in [-0.2, 0) is 14.4 Å². The Balaban J connectivity index is 1.51. The summed E-state index contributed by atoms with van der Waals surface area (Å²) in [6.45, 7) is 1.95. The van der Waals surface area contributed by atoms with Crippen molar-refractivity contribution in [1.29, 1.82) is 0 Å². The molecule has 9 heteroatoms. The summed E-state index contributed by atoms with van der Waals surface area (Å²) in [5, 5.41) is 7.54. The van der Waals surface area contributed by atoms with Crippen molar-refractivity contribution in [2.24, 2.45) is 5.92 Å². The van der Waals surface area contributed by atoms with Gasteiger partial charge in [-0.3, -0.25) is 14.4 Å². The molecule has 3 amide bonds. The summed E-state index contributed by atoms with van der Waals surface area (Å²) in [6.07, 6.45) is 0.116. The van der Waals surface area contributed by atoms with E-state index in [9.17, 15) is 14.4 Å². The number of amides is 3. The SMILES string of the molecule is COc1ccc(N2C[C@H](C(=O)NCC(=O)Nc3nc(C)cs3)CC2=O)cc1. The molecule has 2 heterocycles. The molecule has 1 aliphatic heterocycles. The standard InChI is InChI=1S/C18H20N4O4S/c1-11-10-27-18(20-11)21-15(23)8-19-17(25)12-7-16(24)22(9-12)13-3-5-14(26-2)6-4-13/h3-6,10,12H,7-9H2,1-2H3,(H,19,25)(H,20,21,23)/t12-/m1/s1. The van der Waals surface area contributed by atoms with E-state index < -0.39 is 5.92 Å². The lowest BCUT2D eigenvalue weighted by molar-refractivity contribution is -0.127. The number of nitrogens with one attached hydrogen (secondary N) is 2. The Labute approximate surface area is 160 Å². The number of thiazole rings is 1. The highest BCUT2D eigenvalue weighted by Gasteiger charge is 2.35. The van der Waals surface area contributed by atoms with Gasteiger partial charge in [-0.25, -0.2) is 4.98 Å². The summed E-state index contributed by atoms with van der Waals surface area (Å²) in [7, 11) is 1.57. The van der Waals surface area contributed by atoms with E-state index in [-0.39, 0.29) is 37.2 Å². The van der Waals surface area contributed by atoms with Crippen molar-refractivity contribution in [3.8, 4) is 5.75 Å². The molecule has 2 N–H and O–H groups in total. The second-order valence-corrected chi connectivity index (χ2v) is 7.02. The van der Waals surface area contributed by atoms with Crippen LogP contribution in [0.3, 0.4) is 0 Å². The summed E-state index contributed by atoms with van der Waals surface area (Å²) < 4.78 is 5.11. The molecule has 1 aliphatic rings. The number of anilines is 2. The van der Waals surface area contributed by atoms with Crippen LogP contribution < -0.4 is 20.3 Å². The van der Waals surface area contributed by atoms with Crippen LogP contribution in [-0.4, -0.2) is 42.9 Å². The largest absolute Gasteiger partial charge is 0.497 e. The molecular weight excluding hydrogens is 368 g/mol. The number of aryl methyl sites for hydroxylation is 1. The molecule has 0 aliphatic carbocycles. The third kappa shape index (κ3) is 4.62. The first-order valence-electron chi connectivity index (χ1n) is 8.40. The first-order chi connectivity index (χ1) is 13.0. The molecule has 2 aromatic rings. The molecule has 1 atom stereocenters. The molecule has 1 fully saturated rings. The number of benzene rings is 1. The zero-order valence-electron chi connectivity index (χ0n) is 15.0. The molecule has 27 heavy (non-hydrogen) atoms. The van der Waals surface area contributed by atoms with E-state index in [1.165, 1.54) is 11.3 Å². The normalized spacial score (nSPS) is 16.3. The summed E-state index contributed by atoms with van der Waals surface area (Å²) in [6, 6.07) is 7.09. The molecule has 8 nitrogen and oxygen atoms in total. The molecule has 0 spiro atoms. The average molecular weight is 388 g/mol. The van der Waals surface area contributed by atoms with E-state index in [2.05, 4.69) is 15.6 Å². The lowest BCUT2D eigenvalue weighted by atomic mass is 10.1. The van der Waals surface area contributed by atoms with Crippen LogP contribution >= 0.6 is 11.3 Å². The van der Waals surface area contributed by atoms with E-state index in [1.54, 1.807) is 36.3 Å². The topological polar surface area (TPSA) is 101 Å². The van der Waals surface area contributed by atoms with Crippen molar-refractivity contribution in [2.45, 2.75) is 13.3 Å². The second kappa shape index (κ2) is 8.17. The number of nitrogens with zero attached hydrogens (tertiary/aromatic N) is 2. The minimum atomic E-state index is -0.491. The number of hydrogen-bond donors (Lipinski definition) is 2. The van der Waals surface area contributed by atoms with Crippen molar-refractivity contribution >= 4 is 39.9 Å². The highest BCUT2D eigenvalue weighted by Crippen LogP contribution is 2.26. The molecule has 0 bridgehead atoms. The Hall–Kier alpha value is -2.94. The molecule has 3 rings (SSSR count). The van der Waals surface area contributed by atoms with Gasteiger partial charge in [0.15, 0.2) is 5.13 Å². The number of aromatic nitrogens is 1. The minimum Gasteiger partial charge on any atom is -0.497 e. The highest BCUT2D eigenvalue weighted by molar-refractivity contribution is 7.13. The number of carbonyl (C=O) groups is 3. The van der Waals surface area contributed by atoms with Crippen molar-refractivity contribution in [3.05, 3.63) is 35.3 Å². The fraction of sp³-hybridized carbons (Fsp3) is 0.333. The third-order valence-electron chi connectivity index (χ3n) is 4.17. The van der Waals surface area contributed by atoms with E-state index in [1.807, 2.05) is 12.3 Å². The van der Waals surface area contributed by atoms with Gasteiger partial charge in [0, 0.05) is 24.0 Å². The first-order valence-corrected chi connectivity index (χ1v) is 9.28. The molecule has 0 unspecified atom stereocenters. The maximum Gasteiger partial charge on any atom is 0.245 e. The fourth-order valence-corrected chi connectivity index (χ4v) is 3.49. The van der Waals surface area contributed by atoms with Crippen molar-refractivity contribution in [3.63, 3.8) is 0 Å². The van der Waals surface area contributed by atoms with E-state index >= 15 is 0 Å². The van der Waals surface area contributed by atoms with Gasteiger partial charge in [0.2, 0.25) is 17.7 Å². The predicted molar refractivity (Wildman–Crippen MR) is 102 cm³/mol. The zero-order chi connectivity index (χ0) is 19.4. The molecule has 1 aromatic carbocycles. The number of ether oxygens (including phenoxy) is 1. The van der Waals surface area contributed by atoms with Gasteiger partial charge in [0.25, 0.3) is 0 Å². The summed E-state index contributed by atoms with van der Waals surface area (Å²) in [5.41, 5.74) is 1.54. The van der Waals surface area contributed by atoms with Gasteiger partial charge in [-0.05, 0) is 31.2 Å². The van der Waals surface area contributed by atoms with Gasteiger partial charge in [0.05, 0.1) is 25.3 Å². The minimum absolute atomic E-state index is 0.116. The molecule has 0 radical (unpaired) electrons.